The molecule has 1 aromatic rings. The summed E-state index contributed by atoms with van der Waals surface area (Å²) in [5.74, 6) is -0.510. The molecule has 0 bridgehead atoms. The van der Waals surface area contributed by atoms with Gasteiger partial charge in [-0.2, -0.15) is 13.5 Å². The van der Waals surface area contributed by atoms with Gasteiger partial charge >= 0.3 is 5.97 Å². The first-order chi connectivity index (χ1) is 9.87. The number of cyclic esters (lactones) is 1. The van der Waals surface area contributed by atoms with E-state index in [1.54, 1.807) is 12.1 Å². The molecule has 0 radical (unpaired) electrons. The molecule has 0 amide bonds. The van der Waals surface area contributed by atoms with Gasteiger partial charge in [0, 0.05) is 5.92 Å². The van der Waals surface area contributed by atoms with Crippen molar-refractivity contribution in [3.63, 3.8) is 0 Å². The van der Waals surface area contributed by atoms with E-state index >= 15 is 0 Å². The molecule has 1 saturated heterocycles. The van der Waals surface area contributed by atoms with Crippen LogP contribution in [0.1, 0.15) is 45.1 Å². The van der Waals surface area contributed by atoms with Crippen LogP contribution in [0.25, 0.3) is 0 Å². The first-order valence-electron chi connectivity index (χ1n) is 7.38. The highest BCUT2D eigenvalue weighted by molar-refractivity contribution is 7.92. The second-order valence-corrected chi connectivity index (χ2v) is 7.94. The van der Waals surface area contributed by atoms with E-state index in [-0.39, 0.29) is 30.9 Å². The van der Waals surface area contributed by atoms with Gasteiger partial charge in [-0.05, 0) is 30.0 Å². The summed E-state index contributed by atoms with van der Waals surface area (Å²) in [5, 5.41) is -1.05. The fraction of sp³-hybridized carbons (Fsp3) is 0.562. The van der Waals surface area contributed by atoms with Crippen LogP contribution in [0.2, 0.25) is 0 Å². The van der Waals surface area contributed by atoms with E-state index in [1.807, 2.05) is 19.1 Å². The Kier molecular flexibility index (Phi) is 6.50. The summed E-state index contributed by atoms with van der Waals surface area (Å²) in [6.07, 6.45) is 1.51. The maximum atomic E-state index is 12.7. The van der Waals surface area contributed by atoms with Crippen LogP contribution < -0.4 is 0 Å². The second-order valence-electron chi connectivity index (χ2n) is 5.87. The van der Waals surface area contributed by atoms with Crippen molar-refractivity contribution in [3.05, 3.63) is 29.8 Å². The number of benzene rings is 1. The van der Waals surface area contributed by atoms with Crippen molar-refractivity contribution in [3.8, 4) is 0 Å². The first-order valence-corrected chi connectivity index (χ1v) is 8.93. The minimum absolute atomic E-state index is 0. The third-order valence-corrected chi connectivity index (χ3v) is 6.14. The number of hydrogen-bond acceptors (Lipinski definition) is 4. The summed E-state index contributed by atoms with van der Waals surface area (Å²) in [5.41, 5.74) is 1.08. The van der Waals surface area contributed by atoms with E-state index in [1.165, 1.54) is 0 Å². The normalized spacial score (nSPS) is 21.5. The number of ether oxygens (including phenoxy) is 1. The molecule has 0 spiro atoms. The highest BCUT2D eigenvalue weighted by Gasteiger charge is 2.46. The monoisotopic (exact) mass is 344 g/mol. The van der Waals surface area contributed by atoms with E-state index in [0.29, 0.717) is 12.3 Å². The zero-order valence-corrected chi connectivity index (χ0v) is 15.0. The number of hydrogen-bond donors (Lipinski definition) is 0. The molecule has 1 heterocycles. The number of sulfone groups is 1. The third-order valence-electron chi connectivity index (χ3n) is 3.97. The maximum absolute atomic E-state index is 12.7. The summed E-state index contributed by atoms with van der Waals surface area (Å²) in [7, 11) is -3.68. The van der Waals surface area contributed by atoms with E-state index in [2.05, 4.69) is 13.8 Å². The van der Waals surface area contributed by atoms with Crippen LogP contribution in [0.5, 0.6) is 0 Å². The lowest BCUT2D eigenvalue weighted by molar-refractivity contribution is -0.137. The fourth-order valence-electron chi connectivity index (χ4n) is 2.73. The molecule has 0 aliphatic carbocycles. The zero-order chi connectivity index (χ0) is 15.6. The second kappa shape index (κ2) is 7.51. The summed E-state index contributed by atoms with van der Waals surface area (Å²) in [6.45, 7) is 6.29. The van der Waals surface area contributed by atoms with Crippen LogP contribution >= 0.6 is 13.5 Å². The maximum Gasteiger partial charge on any atom is 0.325 e. The van der Waals surface area contributed by atoms with E-state index in [0.717, 1.165) is 12.0 Å². The van der Waals surface area contributed by atoms with Gasteiger partial charge in [0.05, 0.1) is 11.5 Å². The Labute approximate surface area is 139 Å². The Morgan fingerprint density at radius 2 is 1.82 bits per heavy atom. The zero-order valence-electron chi connectivity index (χ0n) is 13.2. The van der Waals surface area contributed by atoms with Gasteiger partial charge in [0.15, 0.2) is 15.1 Å². The van der Waals surface area contributed by atoms with Crippen LogP contribution in [-0.2, 0) is 19.4 Å². The molecule has 0 N–H and O–H groups in total. The minimum Gasteiger partial charge on any atom is -0.464 e. The van der Waals surface area contributed by atoms with Crippen LogP contribution in [0.3, 0.4) is 0 Å². The van der Waals surface area contributed by atoms with Crippen LogP contribution in [0, 0.1) is 5.92 Å². The van der Waals surface area contributed by atoms with Crippen molar-refractivity contribution < 1.29 is 17.9 Å². The molecule has 0 saturated carbocycles. The molecule has 0 aromatic heterocycles. The number of rotatable bonds is 5. The summed E-state index contributed by atoms with van der Waals surface area (Å²) >= 11 is 0. The quantitative estimate of drug-likeness (QED) is 0.770. The van der Waals surface area contributed by atoms with Gasteiger partial charge in [-0.1, -0.05) is 39.3 Å². The van der Waals surface area contributed by atoms with E-state index in [4.69, 9.17) is 4.74 Å². The average molecular weight is 344 g/mol. The molecule has 1 unspecified atom stereocenters. The Hall–Kier alpha value is -1.01. The molecule has 2 rings (SSSR count). The summed E-state index contributed by atoms with van der Waals surface area (Å²) in [6, 6.07) is 6.82. The van der Waals surface area contributed by atoms with Gasteiger partial charge in [0.1, 0.15) is 0 Å². The van der Waals surface area contributed by atoms with Gasteiger partial charge in [-0.25, -0.2) is 8.42 Å². The van der Waals surface area contributed by atoms with Crippen LogP contribution in [0.15, 0.2) is 29.2 Å². The van der Waals surface area contributed by atoms with Gasteiger partial charge < -0.3 is 4.74 Å². The third kappa shape index (κ3) is 3.66. The van der Waals surface area contributed by atoms with Gasteiger partial charge in [0.25, 0.3) is 0 Å². The van der Waals surface area contributed by atoms with Crippen molar-refractivity contribution in [2.75, 3.05) is 6.61 Å². The summed E-state index contributed by atoms with van der Waals surface area (Å²) in [4.78, 5) is 12.1. The Balaban J connectivity index is 0.00000242. The summed E-state index contributed by atoms with van der Waals surface area (Å²) < 4.78 is 30.4. The number of esters is 1. The molecule has 2 atom stereocenters. The van der Waals surface area contributed by atoms with Crippen LogP contribution in [-0.4, -0.2) is 26.2 Å². The highest BCUT2D eigenvalue weighted by atomic mass is 32.2. The Bertz CT molecular complexity index is 606. The van der Waals surface area contributed by atoms with Crippen molar-refractivity contribution in [1.82, 2.24) is 0 Å². The van der Waals surface area contributed by atoms with Crippen molar-refractivity contribution in [2.45, 2.75) is 49.7 Å². The smallest absolute Gasteiger partial charge is 0.325 e. The van der Waals surface area contributed by atoms with E-state index < -0.39 is 21.1 Å². The Morgan fingerprint density at radius 1 is 1.23 bits per heavy atom. The molecular weight excluding hydrogens is 320 g/mol. The predicted molar refractivity (Wildman–Crippen MR) is 91.2 cm³/mol. The molecule has 6 heteroatoms. The molecular formula is C16H24O4S2. The molecule has 22 heavy (non-hydrogen) atoms. The topological polar surface area (TPSA) is 60.4 Å². The molecule has 1 aliphatic rings. The number of carbonyl (C=O) groups is 1. The van der Waals surface area contributed by atoms with Crippen molar-refractivity contribution in [2.24, 2.45) is 5.92 Å². The van der Waals surface area contributed by atoms with E-state index in [9.17, 15) is 13.2 Å². The molecule has 1 fully saturated rings. The largest absolute Gasteiger partial charge is 0.464 e. The molecule has 1 aliphatic heterocycles. The van der Waals surface area contributed by atoms with Crippen LogP contribution in [0.4, 0.5) is 0 Å². The predicted octanol–water partition coefficient (Wildman–Crippen LogP) is 3.04. The Morgan fingerprint density at radius 3 is 2.32 bits per heavy atom. The molecule has 1 aromatic carbocycles. The lowest BCUT2D eigenvalue weighted by Crippen LogP contribution is -2.32. The SMILES string of the molecule is CCC[C@H]1COC(=O)C1S(=O)(=O)c1ccc(C(C)C)cc1.S. The highest BCUT2D eigenvalue weighted by Crippen LogP contribution is 2.31. The lowest BCUT2D eigenvalue weighted by atomic mass is 10.0. The van der Waals surface area contributed by atoms with Crippen molar-refractivity contribution >= 4 is 29.3 Å². The molecule has 4 nitrogen and oxygen atoms in total. The average Bonchev–Trinajstić information content (AvgIpc) is 2.81. The standard InChI is InChI=1S/C16H22O4S.H2S/c1-4-5-13-10-20-16(17)15(13)21(18,19)14-8-6-12(7-9-14)11(2)3;/h6-9,11,13,15H,4-5,10H2,1-3H3;1H2/t13-,15?;/m0./s1. The first kappa shape index (κ1) is 19.0. The molecule has 124 valence electrons. The minimum atomic E-state index is -3.68. The number of carbonyl (C=O) groups excluding carboxylic acids is 1. The van der Waals surface area contributed by atoms with Gasteiger partial charge in [-0.15, -0.1) is 0 Å². The fourth-order valence-corrected chi connectivity index (χ4v) is 4.58. The lowest BCUT2D eigenvalue weighted by Gasteiger charge is -2.15. The van der Waals surface area contributed by atoms with Gasteiger partial charge in [0.2, 0.25) is 0 Å². The van der Waals surface area contributed by atoms with Gasteiger partial charge in [-0.3, -0.25) is 4.79 Å². The van der Waals surface area contributed by atoms with Crippen molar-refractivity contribution in [1.29, 1.82) is 0 Å².